The van der Waals surface area contributed by atoms with Crippen LogP contribution in [0.1, 0.15) is 20.3 Å². The molecule has 5 nitrogen and oxygen atoms in total. The number of hydrogen-bond acceptors (Lipinski definition) is 4. The third-order valence-electron chi connectivity index (χ3n) is 1.54. The van der Waals surface area contributed by atoms with Gasteiger partial charge in [-0.1, -0.05) is 20.3 Å². The van der Waals surface area contributed by atoms with Crippen molar-refractivity contribution in [2.24, 2.45) is 23.3 Å². The van der Waals surface area contributed by atoms with Crippen molar-refractivity contribution in [2.75, 3.05) is 0 Å². The SMILES string of the molecule is CC[C@H](C)[C@H](N)C(=O)O.NN. The Morgan fingerprint density at radius 2 is 1.91 bits per heavy atom. The van der Waals surface area contributed by atoms with Crippen LogP contribution in [0, 0.1) is 5.92 Å². The maximum absolute atomic E-state index is 10.2. The summed E-state index contributed by atoms with van der Waals surface area (Å²) in [5.74, 6) is 7.16. The average molecular weight is 163 g/mol. The van der Waals surface area contributed by atoms with E-state index in [-0.39, 0.29) is 5.92 Å². The molecule has 0 rings (SSSR count). The average Bonchev–Trinajstić information content (AvgIpc) is 2.05. The Morgan fingerprint density at radius 1 is 1.55 bits per heavy atom. The lowest BCUT2D eigenvalue weighted by molar-refractivity contribution is -0.139. The summed E-state index contributed by atoms with van der Waals surface area (Å²) in [6, 6.07) is -0.699. The van der Waals surface area contributed by atoms with Crippen LogP contribution < -0.4 is 17.4 Å². The van der Waals surface area contributed by atoms with Crippen molar-refractivity contribution in [3.05, 3.63) is 0 Å². The molecule has 0 heterocycles. The lowest BCUT2D eigenvalue weighted by Gasteiger charge is -2.11. The maximum atomic E-state index is 10.2. The molecule has 5 heteroatoms. The lowest BCUT2D eigenvalue weighted by Crippen LogP contribution is -2.36. The van der Waals surface area contributed by atoms with E-state index in [1.807, 2.05) is 13.8 Å². The molecular formula is C6H17N3O2. The molecule has 0 fully saturated rings. The number of nitrogens with two attached hydrogens (primary N) is 3. The Labute approximate surface area is 66.5 Å². The van der Waals surface area contributed by atoms with Gasteiger partial charge in [-0.25, -0.2) is 0 Å². The molecule has 0 unspecified atom stereocenters. The van der Waals surface area contributed by atoms with Gasteiger partial charge in [-0.15, -0.1) is 0 Å². The molecule has 2 atom stereocenters. The summed E-state index contributed by atoms with van der Waals surface area (Å²) in [7, 11) is 0. The Hall–Kier alpha value is -0.650. The minimum absolute atomic E-state index is 0.0718. The molecule has 0 aromatic heterocycles. The first-order valence-corrected chi connectivity index (χ1v) is 3.41. The summed E-state index contributed by atoms with van der Waals surface area (Å²) >= 11 is 0. The number of carbonyl (C=O) groups is 1. The third kappa shape index (κ3) is 5.78. The Bertz CT molecular complexity index is 108. The molecule has 0 radical (unpaired) electrons. The first kappa shape index (κ1) is 13.0. The Morgan fingerprint density at radius 3 is 2.00 bits per heavy atom. The summed E-state index contributed by atoms with van der Waals surface area (Å²) in [5, 5.41) is 8.36. The molecular weight excluding hydrogens is 146 g/mol. The number of aliphatic carboxylic acids is 1. The van der Waals surface area contributed by atoms with Crippen LogP contribution >= 0.6 is 0 Å². The van der Waals surface area contributed by atoms with Crippen molar-refractivity contribution in [1.29, 1.82) is 0 Å². The van der Waals surface area contributed by atoms with E-state index in [1.54, 1.807) is 0 Å². The topological polar surface area (TPSA) is 115 Å². The van der Waals surface area contributed by atoms with Crippen molar-refractivity contribution in [3.63, 3.8) is 0 Å². The molecule has 7 N–H and O–H groups in total. The molecule has 0 aliphatic carbocycles. The summed E-state index contributed by atoms with van der Waals surface area (Å²) in [5.41, 5.74) is 5.27. The first-order valence-electron chi connectivity index (χ1n) is 3.41. The molecule has 0 aliphatic heterocycles. The van der Waals surface area contributed by atoms with Gasteiger partial charge >= 0.3 is 5.97 Å². The van der Waals surface area contributed by atoms with Gasteiger partial charge in [0.25, 0.3) is 0 Å². The van der Waals surface area contributed by atoms with Crippen LogP contribution in [0.25, 0.3) is 0 Å². The predicted molar refractivity (Wildman–Crippen MR) is 43.4 cm³/mol. The van der Waals surface area contributed by atoms with E-state index in [0.717, 1.165) is 6.42 Å². The minimum atomic E-state index is -0.913. The highest BCUT2D eigenvalue weighted by Crippen LogP contribution is 2.04. The number of carboxylic acids is 1. The van der Waals surface area contributed by atoms with Crippen molar-refractivity contribution in [2.45, 2.75) is 26.3 Å². The number of rotatable bonds is 3. The van der Waals surface area contributed by atoms with Crippen molar-refractivity contribution in [1.82, 2.24) is 0 Å². The highest BCUT2D eigenvalue weighted by atomic mass is 16.4. The van der Waals surface area contributed by atoms with E-state index in [4.69, 9.17) is 10.8 Å². The molecule has 0 saturated heterocycles. The lowest BCUT2D eigenvalue weighted by atomic mass is 10.0. The second-order valence-electron chi connectivity index (χ2n) is 2.25. The van der Waals surface area contributed by atoms with Gasteiger partial charge in [-0.05, 0) is 5.92 Å². The monoisotopic (exact) mass is 163 g/mol. The van der Waals surface area contributed by atoms with Gasteiger partial charge in [0, 0.05) is 0 Å². The normalized spacial score (nSPS) is 14.3. The molecule has 0 spiro atoms. The molecule has 0 saturated carbocycles. The van der Waals surface area contributed by atoms with Gasteiger partial charge in [0.2, 0.25) is 0 Å². The van der Waals surface area contributed by atoms with Crippen LogP contribution in [0.5, 0.6) is 0 Å². The largest absolute Gasteiger partial charge is 0.480 e. The molecule has 68 valence electrons. The standard InChI is InChI=1S/C6H13NO2.H4N2/c1-3-4(2)5(7)6(8)9;1-2/h4-5H,3,7H2,1-2H3,(H,8,9);1-2H2/t4-,5-;/m0./s1. The first-order chi connectivity index (χ1) is 5.09. The van der Waals surface area contributed by atoms with Crippen molar-refractivity contribution in [3.8, 4) is 0 Å². The highest BCUT2D eigenvalue weighted by Gasteiger charge is 2.17. The predicted octanol–water partition coefficient (Wildman–Crippen LogP) is -0.737. The highest BCUT2D eigenvalue weighted by molar-refractivity contribution is 5.73. The third-order valence-corrected chi connectivity index (χ3v) is 1.54. The molecule has 0 aliphatic rings. The van der Waals surface area contributed by atoms with E-state index in [0.29, 0.717) is 0 Å². The second kappa shape index (κ2) is 7.46. The zero-order valence-electron chi connectivity index (χ0n) is 6.95. The summed E-state index contributed by atoms with van der Waals surface area (Å²) in [6.45, 7) is 3.76. The molecule has 0 aromatic carbocycles. The number of carboxylic acid groups (broad SMARTS) is 1. The fourth-order valence-corrected chi connectivity index (χ4v) is 0.497. The van der Waals surface area contributed by atoms with Crippen LogP contribution in [-0.4, -0.2) is 17.1 Å². The van der Waals surface area contributed by atoms with E-state index in [9.17, 15) is 4.79 Å². The van der Waals surface area contributed by atoms with E-state index in [2.05, 4.69) is 11.7 Å². The van der Waals surface area contributed by atoms with Crippen LogP contribution in [-0.2, 0) is 4.79 Å². The fraction of sp³-hybridized carbons (Fsp3) is 0.833. The molecule has 0 amide bonds. The van der Waals surface area contributed by atoms with Crippen LogP contribution in [0.4, 0.5) is 0 Å². The van der Waals surface area contributed by atoms with E-state index >= 15 is 0 Å². The Balaban J connectivity index is 0. The molecule has 11 heavy (non-hydrogen) atoms. The number of hydrogen-bond donors (Lipinski definition) is 4. The quantitative estimate of drug-likeness (QED) is 0.323. The summed E-state index contributed by atoms with van der Waals surface area (Å²) in [4.78, 5) is 10.2. The molecule has 0 bridgehead atoms. The summed E-state index contributed by atoms with van der Waals surface area (Å²) < 4.78 is 0. The maximum Gasteiger partial charge on any atom is 0.320 e. The zero-order valence-corrected chi connectivity index (χ0v) is 6.95. The number of hydrazine groups is 1. The second-order valence-corrected chi connectivity index (χ2v) is 2.25. The van der Waals surface area contributed by atoms with Gasteiger partial charge in [-0.3, -0.25) is 16.5 Å². The van der Waals surface area contributed by atoms with Gasteiger partial charge < -0.3 is 10.8 Å². The van der Waals surface area contributed by atoms with Gasteiger partial charge in [0.1, 0.15) is 6.04 Å². The molecule has 0 aromatic rings. The zero-order chi connectivity index (χ0) is 9.44. The van der Waals surface area contributed by atoms with Crippen molar-refractivity contribution >= 4 is 5.97 Å². The van der Waals surface area contributed by atoms with Gasteiger partial charge in [0.15, 0.2) is 0 Å². The smallest absolute Gasteiger partial charge is 0.320 e. The van der Waals surface area contributed by atoms with Crippen molar-refractivity contribution < 1.29 is 9.90 Å². The van der Waals surface area contributed by atoms with E-state index < -0.39 is 12.0 Å². The fourth-order valence-electron chi connectivity index (χ4n) is 0.497. The van der Waals surface area contributed by atoms with Gasteiger partial charge in [-0.2, -0.15) is 0 Å². The van der Waals surface area contributed by atoms with Gasteiger partial charge in [0.05, 0.1) is 0 Å². The van der Waals surface area contributed by atoms with E-state index in [1.165, 1.54) is 0 Å². The van der Waals surface area contributed by atoms with Crippen LogP contribution in [0.2, 0.25) is 0 Å². The van der Waals surface area contributed by atoms with Crippen LogP contribution in [0.3, 0.4) is 0 Å². The Kier molecular flexibility index (Phi) is 8.80. The van der Waals surface area contributed by atoms with Crippen LogP contribution in [0.15, 0.2) is 0 Å². The summed E-state index contributed by atoms with van der Waals surface area (Å²) in [6.07, 6.45) is 0.813. The minimum Gasteiger partial charge on any atom is -0.480 e.